The Bertz CT molecular complexity index is 509. The van der Waals surface area contributed by atoms with Crippen LogP contribution in [-0.4, -0.2) is 23.3 Å². The first-order chi connectivity index (χ1) is 8.27. The molecule has 1 aliphatic rings. The molecule has 0 bridgehead atoms. The maximum atomic E-state index is 7.15. The molecule has 0 aliphatic carbocycles. The first-order valence-corrected chi connectivity index (χ1v) is 6.45. The molecule has 1 fully saturated rings. The Morgan fingerprint density at radius 2 is 1.83 bits per heavy atom. The van der Waals surface area contributed by atoms with Gasteiger partial charge in [0, 0.05) is 5.46 Å². The van der Waals surface area contributed by atoms with Crippen molar-refractivity contribution in [3.05, 3.63) is 28.2 Å². The molecule has 0 spiro atoms. The lowest BCUT2D eigenvalue weighted by atomic mass is 9.79. The molecule has 1 aromatic rings. The summed E-state index contributed by atoms with van der Waals surface area (Å²) in [6.07, 6.45) is 1.60. The molecule has 0 N–H and O–H groups in total. The minimum atomic E-state index is -0.552. The smallest absolute Gasteiger partial charge is 0.400 e. The van der Waals surface area contributed by atoms with E-state index < -0.39 is 18.3 Å². The Kier molecular flexibility index (Phi) is 3.26. The van der Waals surface area contributed by atoms with Gasteiger partial charge in [-0.2, -0.15) is 0 Å². The van der Waals surface area contributed by atoms with Crippen LogP contribution in [-0.2, 0) is 9.31 Å². The molecule has 94 valence electrons. The number of aromatic nitrogens is 1. The normalized spacial score (nSPS) is 20.8. The van der Waals surface area contributed by atoms with Gasteiger partial charge in [-0.25, -0.2) is 0 Å². The molecule has 1 aromatic heterocycles. The van der Waals surface area contributed by atoms with Crippen molar-refractivity contribution in [2.45, 2.75) is 38.9 Å². The third kappa shape index (κ3) is 2.18. The molecule has 18 heavy (non-hydrogen) atoms. The summed E-state index contributed by atoms with van der Waals surface area (Å²) in [6.45, 7) is 15.1. The number of hydrogen-bond acceptors (Lipinski definition) is 3. The summed E-state index contributed by atoms with van der Waals surface area (Å²) < 4.78 is 12.6. The SMILES string of the molecule is [C-]#[N+]c1ncc(Br)cc1B1OC(C)(C)C(C)(C)O1. The minimum absolute atomic E-state index is 0.316. The van der Waals surface area contributed by atoms with Gasteiger partial charge < -0.3 is 14.2 Å². The Hall–Kier alpha value is -0.895. The fourth-order valence-corrected chi connectivity index (χ4v) is 2.03. The lowest BCUT2D eigenvalue weighted by Crippen LogP contribution is -2.41. The summed E-state index contributed by atoms with van der Waals surface area (Å²) in [5, 5.41) is 0. The summed E-state index contributed by atoms with van der Waals surface area (Å²) in [4.78, 5) is 7.49. The Balaban J connectivity index is 2.41. The lowest BCUT2D eigenvalue weighted by molar-refractivity contribution is 0.00578. The van der Waals surface area contributed by atoms with E-state index in [9.17, 15) is 0 Å². The molecular formula is C12H14BBrN2O2. The van der Waals surface area contributed by atoms with E-state index in [1.54, 1.807) is 6.20 Å². The van der Waals surface area contributed by atoms with Gasteiger partial charge in [0.1, 0.15) is 6.20 Å². The van der Waals surface area contributed by atoms with Crippen LogP contribution in [0, 0.1) is 6.57 Å². The molecule has 0 saturated carbocycles. The highest BCUT2D eigenvalue weighted by molar-refractivity contribution is 9.10. The molecule has 2 heterocycles. The van der Waals surface area contributed by atoms with Gasteiger partial charge in [-0.3, -0.25) is 0 Å². The van der Waals surface area contributed by atoms with E-state index >= 15 is 0 Å². The minimum Gasteiger partial charge on any atom is -0.400 e. The predicted molar refractivity (Wildman–Crippen MR) is 73.9 cm³/mol. The zero-order valence-electron chi connectivity index (χ0n) is 10.8. The van der Waals surface area contributed by atoms with Gasteiger partial charge in [0.05, 0.1) is 15.7 Å². The standard InChI is InChI=1S/C12H14BBrN2O2/c1-11(2)12(3,4)18-13(17-11)9-6-8(14)7-16-10(9)15-5/h6-7H,1-4H3. The zero-order chi connectivity index (χ0) is 13.6. The van der Waals surface area contributed by atoms with Gasteiger partial charge in [0.15, 0.2) is 0 Å². The van der Waals surface area contributed by atoms with Crippen LogP contribution in [0.4, 0.5) is 5.82 Å². The number of nitrogens with zero attached hydrogens (tertiary/aromatic N) is 2. The Morgan fingerprint density at radius 1 is 1.28 bits per heavy atom. The number of pyridine rings is 1. The van der Waals surface area contributed by atoms with Gasteiger partial charge in [-0.05, 0) is 43.6 Å². The van der Waals surface area contributed by atoms with Crippen molar-refractivity contribution < 1.29 is 9.31 Å². The topological polar surface area (TPSA) is 35.7 Å². The Labute approximate surface area is 116 Å². The summed E-state index contributed by atoms with van der Waals surface area (Å²) in [5.74, 6) is 0.316. The van der Waals surface area contributed by atoms with E-state index in [2.05, 4.69) is 25.8 Å². The first-order valence-electron chi connectivity index (χ1n) is 5.65. The summed E-state index contributed by atoms with van der Waals surface area (Å²) in [7, 11) is -0.552. The van der Waals surface area contributed by atoms with Crippen LogP contribution < -0.4 is 5.46 Å². The molecule has 0 radical (unpaired) electrons. The number of rotatable bonds is 1. The second-order valence-electron chi connectivity index (χ2n) is 5.27. The quantitative estimate of drug-likeness (QED) is 0.591. The highest BCUT2D eigenvalue weighted by Gasteiger charge is 2.52. The molecule has 0 amide bonds. The van der Waals surface area contributed by atoms with E-state index in [4.69, 9.17) is 15.9 Å². The summed E-state index contributed by atoms with van der Waals surface area (Å²) >= 11 is 3.35. The average molecular weight is 309 g/mol. The molecule has 1 saturated heterocycles. The largest absolute Gasteiger partial charge is 0.485 e. The molecule has 0 aromatic carbocycles. The van der Waals surface area contributed by atoms with E-state index in [0.717, 1.165) is 4.47 Å². The number of hydrogen-bond donors (Lipinski definition) is 0. The molecule has 4 nitrogen and oxygen atoms in total. The third-order valence-electron chi connectivity index (χ3n) is 3.47. The van der Waals surface area contributed by atoms with Gasteiger partial charge in [-0.15, -0.1) is 4.98 Å². The van der Waals surface area contributed by atoms with Crippen LogP contribution in [0.15, 0.2) is 16.7 Å². The van der Waals surface area contributed by atoms with Crippen molar-refractivity contribution in [1.29, 1.82) is 0 Å². The molecular weight excluding hydrogens is 295 g/mol. The van der Waals surface area contributed by atoms with Crippen molar-refractivity contribution in [3.8, 4) is 0 Å². The fourth-order valence-electron chi connectivity index (χ4n) is 1.68. The molecule has 2 rings (SSSR count). The van der Waals surface area contributed by atoms with Crippen LogP contribution in [0.25, 0.3) is 4.85 Å². The van der Waals surface area contributed by atoms with Crippen LogP contribution in [0.1, 0.15) is 27.7 Å². The van der Waals surface area contributed by atoms with Crippen LogP contribution in [0.3, 0.4) is 0 Å². The zero-order valence-corrected chi connectivity index (χ0v) is 12.4. The second-order valence-corrected chi connectivity index (χ2v) is 6.18. The van der Waals surface area contributed by atoms with E-state index in [1.165, 1.54) is 0 Å². The monoisotopic (exact) mass is 308 g/mol. The van der Waals surface area contributed by atoms with Gasteiger partial charge >= 0.3 is 7.12 Å². The van der Waals surface area contributed by atoms with E-state index in [1.807, 2.05) is 33.8 Å². The highest BCUT2D eigenvalue weighted by atomic mass is 79.9. The van der Waals surface area contributed by atoms with Gasteiger partial charge in [0.2, 0.25) is 0 Å². The van der Waals surface area contributed by atoms with Crippen molar-refractivity contribution in [2.75, 3.05) is 0 Å². The summed E-state index contributed by atoms with van der Waals surface area (Å²) in [6, 6.07) is 1.82. The predicted octanol–water partition coefficient (Wildman–Crippen LogP) is 2.69. The maximum Gasteiger partial charge on any atom is 0.485 e. The van der Waals surface area contributed by atoms with Gasteiger partial charge in [-0.1, -0.05) is 12.6 Å². The average Bonchev–Trinajstić information content (AvgIpc) is 2.48. The van der Waals surface area contributed by atoms with Crippen molar-refractivity contribution in [2.24, 2.45) is 0 Å². The van der Waals surface area contributed by atoms with E-state index in [0.29, 0.717) is 11.3 Å². The van der Waals surface area contributed by atoms with Crippen molar-refractivity contribution >= 4 is 34.3 Å². The summed E-state index contributed by atoms with van der Waals surface area (Å²) in [5.41, 5.74) is -0.170. The number of halogens is 1. The molecule has 6 heteroatoms. The maximum absolute atomic E-state index is 7.15. The molecule has 0 atom stereocenters. The van der Waals surface area contributed by atoms with Crippen molar-refractivity contribution in [3.63, 3.8) is 0 Å². The highest BCUT2D eigenvalue weighted by Crippen LogP contribution is 2.37. The second kappa shape index (κ2) is 4.34. The fraction of sp³-hybridized carbons (Fsp3) is 0.500. The van der Waals surface area contributed by atoms with E-state index in [-0.39, 0.29) is 0 Å². The molecule has 1 aliphatic heterocycles. The molecule has 0 unspecified atom stereocenters. The lowest BCUT2D eigenvalue weighted by Gasteiger charge is -2.32. The first kappa shape index (κ1) is 13.5. The third-order valence-corrected chi connectivity index (χ3v) is 3.91. The van der Waals surface area contributed by atoms with Crippen LogP contribution in [0.2, 0.25) is 0 Å². The Morgan fingerprint density at radius 3 is 2.33 bits per heavy atom. The van der Waals surface area contributed by atoms with Crippen molar-refractivity contribution in [1.82, 2.24) is 4.98 Å². The van der Waals surface area contributed by atoms with Crippen LogP contribution >= 0.6 is 15.9 Å². The van der Waals surface area contributed by atoms with Gasteiger partial charge in [0.25, 0.3) is 5.82 Å². The van der Waals surface area contributed by atoms with Crippen LogP contribution in [0.5, 0.6) is 0 Å².